The molecule has 4 aromatic rings. The molecule has 0 spiro atoms. The van der Waals surface area contributed by atoms with Gasteiger partial charge in [-0.05, 0) is 85.5 Å². The van der Waals surface area contributed by atoms with E-state index in [0.29, 0.717) is 35.8 Å². The van der Waals surface area contributed by atoms with Crippen LogP contribution in [-0.4, -0.2) is 99.1 Å². The Morgan fingerprint density at radius 3 is 1.97 bits per heavy atom. The monoisotopic (exact) mass is 956 g/mol. The van der Waals surface area contributed by atoms with E-state index in [9.17, 15) is 53.2 Å². The highest BCUT2D eigenvalue weighted by Gasteiger charge is 2.39. The van der Waals surface area contributed by atoms with Crippen molar-refractivity contribution in [3.63, 3.8) is 0 Å². The van der Waals surface area contributed by atoms with Gasteiger partial charge in [-0.25, -0.2) is 27.8 Å². The number of rotatable bonds is 6. The number of aromatic nitrogens is 3. The summed E-state index contributed by atoms with van der Waals surface area (Å²) in [5.41, 5.74) is 5.19. The number of halogens is 10. The number of hydrogen-bond acceptors (Lipinski definition) is 12. The molecule has 0 unspecified atom stereocenters. The van der Waals surface area contributed by atoms with Crippen molar-refractivity contribution in [2.24, 2.45) is 5.92 Å². The number of carboxylic acids is 3. The van der Waals surface area contributed by atoms with Gasteiger partial charge < -0.3 is 31.3 Å². The highest BCUT2D eigenvalue weighted by atomic mass is 35.5. The average Bonchev–Trinajstić information content (AvgIpc) is 3.22. The number of alkyl halides is 9. The molecule has 346 valence electrons. The van der Waals surface area contributed by atoms with Gasteiger partial charge in [0.15, 0.2) is 5.82 Å². The second-order valence-electron chi connectivity index (χ2n) is 13.2. The van der Waals surface area contributed by atoms with E-state index in [2.05, 4.69) is 49.1 Å². The Kier molecular flexibility index (Phi) is 18.0. The zero-order valence-corrected chi connectivity index (χ0v) is 34.0. The fraction of sp³-hybridized carbons (Fsp3) is 0.324. The van der Waals surface area contributed by atoms with Gasteiger partial charge in [-0.15, -0.1) is 0 Å². The van der Waals surface area contributed by atoms with Crippen LogP contribution in [0.2, 0.25) is 5.02 Å². The maximum Gasteiger partial charge on any atom is 0.490 e. The van der Waals surface area contributed by atoms with E-state index in [4.69, 9.17) is 41.3 Å². The second kappa shape index (κ2) is 22.2. The van der Waals surface area contributed by atoms with Gasteiger partial charge >= 0.3 is 36.4 Å². The van der Waals surface area contributed by atoms with Crippen LogP contribution in [0.15, 0.2) is 72.0 Å². The molecule has 2 aromatic heterocycles. The Balaban J connectivity index is 0.000000429. The Morgan fingerprint density at radius 1 is 0.828 bits per heavy atom. The minimum absolute atomic E-state index is 0.0888. The zero-order chi connectivity index (χ0) is 48.0. The van der Waals surface area contributed by atoms with Gasteiger partial charge in [0.1, 0.15) is 11.1 Å². The van der Waals surface area contributed by atoms with E-state index in [0.717, 1.165) is 66.8 Å². The smallest absolute Gasteiger partial charge is 0.475 e. The number of hydrogen-bond donors (Lipinski definition) is 6. The molecule has 0 amide bonds. The molecule has 2 aliphatic heterocycles. The van der Waals surface area contributed by atoms with Gasteiger partial charge in [-0.3, -0.25) is 4.98 Å². The van der Waals surface area contributed by atoms with Crippen molar-refractivity contribution in [1.29, 1.82) is 5.26 Å². The predicted molar refractivity (Wildman–Crippen MR) is 209 cm³/mol. The van der Waals surface area contributed by atoms with E-state index in [-0.39, 0.29) is 10.5 Å². The molecule has 1 saturated heterocycles. The lowest BCUT2D eigenvalue weighted by molar-refractivity contribution is -0.193. The summed E-state index contributed by atoms with van der Waals surface area (Å²) in [4.78, 5) is 40.0. The fourth-order valence-corrected chi connectivity index (χ4v) is 7.33. The molecule has 0 atom stereocenters. The SMILES string of the molecule is N#Cc1ccccc1S(=O)(=O)N1CCC(CCNc2ccc3cc2CCc2cncc(c2)Nc2ncc(Cl)c(n2)N3)CC1.O=C(O)C(F)(F)F.O=C(O)C(F)(F)F.O=C(O)C(F)(F)F. The molecule has 6 N–H and O–H groups in total. The Bertz CT molecular complexity index is 2370. The van der Waals surface area contributed by atoms with E-state index >= 15 is 0 Å². The van der Waals surface area contributed by atoms with Gasteiger partial charge in [-0.2, -0.15) is 54.1 Å². The van der Waals surface area contributed by atoms with Gasteiger partial charge in [0.25, 0.3) is 0 Å². The third kappa shape index (κ3) is 16.0. The lowest BCUT2D eigenvalue weighted by Gasteiger charge is -2.31. The van der Waals surface area contributed by atoms with E-state index in [1.807, 2.05) is 18.3 Å². The Morgan fingerprint density at radius 2 is 1.41 bits per heavy atom. The Hall–Kier alpha value is -6.46. The highest BCUT2D eigenvalue weighted by molar-refractivity contribution is 7.89. The third-order valence-electron chi connectivity index (χ3n) is 8.64. The number of nitriles is 1. The summed E-state index contributed by atoms with van der Waals surface area (Å²) in [6, 6.07) is 16.6. The maximum absolute atomic E-state index is 13.2. The molecule has 2 aliphatic rings. The van der Waals surface area contributed by atoms with Crippen LogP contribution >= 0.6 is 11.6 Å². The van der Waals surface area contributed by atoms with Gasteiger partial charge in [-0.1, -0.05) is 23.7 Å². The summed E-state index contributed by atoms with van der Waals surface area (Å²) in [6.45, 7) is 1.68. The number of nitrogens with zero attached hydrogens (tertiary/aromatic N) is 5. The molecule has 6 rings (SSSR count). The van der Waals surface area contributed by atoms with Crippen molar-refractivity contribution >= 4 is 68.4 Å². The highest BCUT2D eigenvalue weighted by Crippen LogP contribution is 2.31. The summed E-state index contributed by atoms with van der Waals surface area (Å²) in [6.07, 6.45) is -5.96. The lowest BCUT2D eigenvalue weighted by atomic mass is 9.94. The van der Waals surface area contributed by atoms with E-state index in [1.165, 1.54) is 10.4 Å². The summed E-state index contributed by atoms with van der Waals surface area (Å²) in [5.74, 6) is -6.92. The number of carboxylic acid groups (broad SMARTS) is 3. The molecule has 6 bridgehead atoms. The number of nitrogens with one attached hydrogen (secondary N) is 3. The van der Waals surface area contributed by atoms with Crippen molar-refractivity contribution in [2.45, 2.75) is 55.5 Å². The molecule has 0 saturated carbocycles. The van der Waals surface area contributed by atoms with E-state index in [1.54, 1.807) is 30.6 Å². The number of aliphatic carboxylic acids is 3. The first-order chi connectivity index (χ1) is 29.7. The second-order valence-corrected chi connectivity index (χ2v) is 15.5. The molecule has 1 fully saturated rings. The Labute approximate surface area is 361 Å². The molecule has 0 aliphatic carbocycles. The summed E-state index contributed by atoms with van der Waals surface area (Å²) in [5, 5.41) is 41.3. The first kappa shape index (κ1) is 51.9. The largest absolute Gasteiger partial charge is 0.490 e. The van der Waals surface area contributed by atoms with Crippen LogP contribution in [-0.2, 0) is 37.2 Å². The predicted octanol–water partition coefficient (Wildman–Crippen LogP) is 7.79. The first-order valence-corrected chi connectivity index (χ1v) is 19.8. The minimum Gasteiger partial charge on any atom is -0.475 e. The normalized spacial score (nSPS) is 14.1. The van der Waals surface area contributed by atoms with Crippen LogP contribution in [0, 0.1) is 17.2 Å². The fourth-order valence-electron chi connectivity index (χ4n) is 5.58. The molecule has 0 radical (unpaired) electrons. The standard InChI is InChI=1S/C31H31ClN8O2S.3C2HF3O2/c32-27-20-36-31-38-26-15-22(18-34-19-26)5-6-23-16-25(37-30(27)39-31)7-8-28(23)35-12-9-21-10-13-40(14-11-21)43(41,42)29-4-2-1-3-24(29)17-33;3*3-2(4,5)1(6)7/h1-4,7-8,15-16,18-21,35H,5-6,9-14H2,(H2,36,37,38,39);3*(H,6,7). The average molecular weight is 957 g/mol. The number of carbonyl (C=O) groups is 3. The van der Waals surface area contributed by atoms with Crippen LogP contribution < -0.4 is 16.0 Å². The van der Waals surface area contributed by atoms with Crippen LogP contribution in [0.25, 0.3) is 0 Å². The maximum atomic E-state index is 13.2. The van der Waals surface area contributed by atoms with Crippen LogP contribution in [0.1, 0.15) is 36.0 Å². The first-order valence-electron chi connectivity index (χ1n) is 18.0. The molecule has 2 aromatic carbocycles. The molecule has 4 heterocycles. The molecular formula is C37H34ClF9N8O8S. The third-order valence-corrected chi connectivity index (χ3v) is 10.9. The number of pyridine rings is 1. The quantitative estimate of drug-likeness (QED) is 0.101. The van der Waals surface area contributed by atoms with Crippen LogP contribution in [0.4, 0.5) is 68.3 Å². The number of sulfonamides is 1. The van der Waals surface area contributed by atoms with Gasteiger partial charge in [0, 0.05) is 37.2 Å². The zero-order valence-electron chi connectivity index (χ0n) is 32.4. The number of aryl methyl sites for hydroxylation is 2. The van der Waals surface area contributed by atoms with Crippen molar-refractivity contribution in [3.8, 4) is 6.07 Å². The summed E-state index contributed by atoms with van der Waals surface area (Å²) in [7, 11) is -3.69. The molecule has 27 heteroatoms. The van der Waals surface area contributed by atoms with Crippen molar-refractivity contribution in [2.75, 3.05) is 35.6 Å². The lowest BCUT2D eigenvalue weighted by Crippen LogP contribution is -2.39. The topological polar surface area (TPSA) is 248 Å². The summed E-state index contributed by atoms with van der Waals surface area (Å²) >= 11 is 6.40. The van der Waals surface area contributed by atoms with Crippen LogP contribution in [0.5, 0.6) is 0 Å². The number of piperidine rings is 1. The van der Waals surface area contributed by atoms with Crippen molar-refractivity contribution in [1.82, 2.24) is 19.3 Å². The number of benzene rings is 2. The molecular weight excluding hydrogens is 923 g/mol. The molecule has 64 heavy (non-hydrogen) atoms. The summed E-state index contributed by atoms with van der Waals surface area (Å²) < 4.78 is 123. The van der Waals surface area contributed by atoms with Crippen molar-refractivity contribution < 1.29 is 77.6 Å². The number of fused-ring (bicyclic) bond motifs is 6. The molecule has 16 nitrogen and oxygen atoms in total. The van der Waals surface area contributed by atoms with Gasteiger partial charge in [0.05, 0.1) is 28.5 Å². The minimum atomic E-state index is -5.08. The van der Waals surface area contributed by atoms with E-state index < -0.39 is 46.5 Å². The van der Waals surface area contributed by atoms with Crippen LogP contribution in [0.3, 0.4) is 0 Å². The van der Waals surface area contributed by atoms with Gasteiger partial charge in [0.2, 0.25) is 16.0 Å². The van der Waals surface area contributed by atoms with Crippen molar-refractivity contribution in [3.05, 3.63) is 88.8 Å². The number of anilines is 5.